The van der Waals surface area contributed by atoms with Gasteiger partial charge in [-0.1, -0.05) is 20.8 Å². The van der Waals surface area contributed by atoms with E-state index in [9.17, 15) is 13.2 Å². The van der Waals surface area contributed by atoms with E-state index in [4.69, 9.17) is 0 Å². The molecule has 0 bridgehead atoms. The van der Waals surface area contributed by atoms with Crippen LogP contribution in [0.5, 0.6) is 0 Å². The number of rotatable bonds is 7. The van der Waals surface area contributed by atoms with Crippen molar-refractivity contribution in [2.75, 3.05) is 26.7 Å². The van der Waals surface area contributed by atoms with Crippen molar-refractivity contribution in [1.29, 1.82) is 0 Å². The van der Waals surface area contributed by atoms with Crippen molar-refractivity contribution in [3.05, 3.63) is 0 Å². The van der Waals surface area contributed by atoms with Gasteiger partial charge in [-0.3, -0.25) is 0 Å². The SMILES string of the molecule is CCCNC1CC(C)CC(C)C1CN(C)CCC(F)(F)F. The second-order valence-electron chi connectivity index (χ2n) is 6.91. The van der Waals surface area contributed by atoms with Crippen molar-refractivity contribution in [1.82, 2.24) is 10.2 Å². The van der Waals surface area contributed by atoms with E-state index in [1.54, 1.807) is 0 Å². The van der Waals surface area contributed by atoms with E-state index in [0.29, 0.717) is 23.8 Å². The highest BCUT2D eigenvalue weighted by atomic mass is 19.4. The van der Waals surface area contributed by atoms with E-state index in [1.165, 1.54) is 6.42 Å². The normalized spacial score (nSPS) is 30.9. The molecular weight excluding hydrogens is 277 g/mol. The Morgan fingerprint density at radius 2 is 1.86 bits per heavy atom. The number of nitrogens with zero attached hydrogens (tertiary/aromatic N) is 1. The van der Waals surface area contributed by atoms with Crippen LogP contribution in [0.2, 0.25) is 0 Å². The minimum absolute atomic E-state index is 0.1000. The average molecular weight is 308 g/mol. The van der Waals surface area contributed by atoms with Crippen molar-refractivity contribution >= 4 is 0 Å². The summed E-state index contributed by atoms with van der Waals surface area (Å²) in [7, 11) is 1.81. The lowest BCUT2D eigenvalue weighted by atomic mass is 9.72. The predicted octanol–water partition coefficient (Wildman–Crippen LogP) is 3.92. The number of halogens is 3. The first kappa shape index (κ1) is 18.8. The highest BCUT2D eigenvalue weighted by Gasteiger charge is 2.35. The fraction of sp³-hybridized carbons (Fsp3) is 1.00. The molecule has 1 aliphatic carbocycles. The molecule has 5 heteroatoms. The smallest absolute Gasteiger partial charge is 0.314 e. The highest BCUT2D eigenvalue weighted by Crippen LogP contribution is 2.34. The van der Waals surface area contributed by atoms with Crippen molar-refractivity contribution in [3.63, 3.8) is 0 Å². The van der Waals surface area contributed by atoms with Gasteiger partial charge in [0.1, 0.15) is 0 Å². The molecule has 1 fully saturated rings. The van der Waals surface area contributed by atoms with Gasteiger partial charge < -0.3 is 10.2 Å². The first-order valence-corrected chi connectivity index (χ1v) is 8.21. The van der Waals surface area contributed by atoms with Crippen LogP contribution in [0, 0.1) is 17.8 Å². The van der Waals surface area contributed by atoms with Gasteiger partial charge in [-0.2, -0.15) is 13.2 Å². The van der Waals surface area contributed by atoms with Crippen LogP contribution in [0.4, 0.5) is 13.2 Å². The Morgan fingerprint density at radius 1 is 1.19 bits per heavy atom. The van der Waals surface area contributed by atoms with E-state index in [2.05, 4.69) is 26.1 Å². The van der Waals surface area contributed by atoms with Gasteiger partial charge in [0.15, 0.2) is 0 Å². The van der Waals surface area contributed by atoms with E-state index in [0.717, 1.165) is 25.9 Å². The largest absolute Gasteiger partial charge is 0.390 e. The Bertz CT molecular complexity index is 294. The van der Waals surface area contributed by atoms with Crippen molar-refractivity contribution in [3.8, 4) is 0 Å². The molecule has 0 spiro atoms. The maximum Gasteiger partial charge on any atom is 0.390 e. The van der Waals surface area contributed by atoms with Gasteiger partial charge >= 0.3 is 6.18 Å². The molecule has 1 rings (SSSR count). The zero-order valence-electron chi connectivity index (χ0n) is 13.8. The highest BCUT2D eigenvalue weighted by molar-refractivity contribution is 4.89. The topological polar surface area (TPSA) is 15.3 Å². The lowest BCUT2D eigenvalue weighted by Gasteiger charge is -2.42. The first-order chi connectivity index (χ1) is 9.73. The van der Waals surface area contributed by atoms with Crippen LogP contribution in [0.1, 0.15) is 46.5 Å². The molecule has 21 heavy (non-hydrogen) atoms. The maximum atomic E-state index is 12.3. The summed E-state index contributed by atoms with van der Waals surface area (Å²) < 4.78 is 37.0. The molecule has 0 radical (unpaired) electrons. The number of hydrogen-bond donors (Lipinski definition) is 1. The summed E-state index contributed by atoms with van der Waals surface area (Å²) in [6.45, 7) is 8.52. The van der Waals surface area contributed by atoms with Crippen LogP contribution < -0.4 is 5.32 Å². The lowest BCUT2D eigenvalue weighted by Crippen LogP contribution is -2.49. The molecule has 1 saturated carbocycles. The van der Waals surface area contributed by atoms with E-state index in [-0.39, 0.29) is 6.54 Å². The molecule has 4 unspecified atom stereocenters. The lowest BCUT2D eigenvalue weighted by molar-refractivity contribution is -0.137. The van der Waals surface area contributed by atoms with Crippen molar-refractivity contribution in [2.45, 2.75) is 58.7 Å². The third-order valence-electron chi connectivity index (χ3n) is 4.63. The molecular formula is C16H31F3N2. The van der Waals surface area contributed by atoms with Crippen molar-refractivity contribution in [2.24, 2.45) is 17.8 Å². The first-order valence-electron chi connectivity index (χ1n) is 8.21. The summed E-state index contributed by atoms with van der Waals surface area (Å²) in [4.78, 5) is 1.85. The van der Waals surface area contributed by atoms with E-state index in [1.807, 2.05) is 11.9 Å². The minimum Gasteiger partial charge on any atom is -0.314 e. The fourth-order valence-corrected chi connectivity index (χ4v) is 3.55. The molecule has 2 nitrogen and oxygen atoms in total. The summed E-state index contributed by atoms with van der Waals surface area (Å²) in [5.74, 6) is 1.72. The van der Waals surface area contributed by atoms with E-state index >= 15 is 0 Å². The van der Waals surface area contributed by atoms with Crippen LogP contribution in [0.15, 0.2) is 0 Å². The van der Waals surface area contributed by atoms with Gasteiger partial charge in [0, 0.05) is 19.1 Å². The number of alkyl halides is 3. The van der Waals surface area contributed by atoms with Gasteiger partial charge in [-0.25, -0.2) is 0 Å². The number of hydrogen-bond acceptors (Lipinski definition) is 2. The molecule has 0 aromatic rings. The standard InChI is InChI=1S/C16H31F3N2/c1-5-7-20-15-10-12(2)9-13(3)14(15)11-21(4)8-6-16(17,18)19/h12-15,20H,5-11H2,1-4H3. The molecule has 1 N–H and O–H groups in total. The van der Waals surface area contributed by atoms with Crippen LogP contribution in [-0.4, -0.2) is 43.8 Å². The predicted molar refractivity (Wildman–Crippen MR) is 81.3 cm³/mol. The average Bonchev–Trinajstić information content (AvgIpc) is 2.36. The molecule has 0 saturated heterocycles. The van der Waals surface area contributed by atoms with Gasteiger partial charge in [-0.15, -0.1) is 0 Å². The summed E-state index contributed by atoms with van der Waals surface area (Å²) in [5.41, 5.74) is 0. The van der Waals surface area contributed by atoms with Gasteiger partial charge in [-0.05, 0) is 50.6 Å². The Morgan fingerprint density at radius 3 is 2.43 bits per heavy atom. The Hall–Kier alpha value is -0.290. The third kappa shape index (κ3) is 7.00. The molecule has 126 valence electrons. The molecule has 0 aromatic carbocycles. The zero-order chi connectivity index (χ0) is 16.0. The number of nitrogens with one attached hydrogen (secondary N) is 1. The van der Waals surface area contributed by atoms with Crippen LogP contribution >= 0.6 is 0 Å². The molecule has 4 atom stereocenters. The molecule has 0 amide bonds. The van der Waals surface area contributed by atoms with Gasteiger partial charge in [0.2, 0.25) is 0 Å². The molecule has 0 aromatic heterocycles. The molecule has 0 aliphatic heterocycles. The van der Waals surface area contributed by atoms with Gasteiger partial charge in [0.05, 0.1) is 6.42 Å². The second kappa shape index (κ2) is 8.37. The second-order valence-corrected chi connectivity index (χ2v) is 6.91. The van der Waals surface area contributed by atoms with Crippen LogP contribution in [0.3, 0.4) is 0 Å². The van der Waals surface area contributed by atoms with Crippen LogP contribution in [0.25, 0.3) is 0 Å². The quantitative estimate of drug-likeness (QED) is 0.767. The summed E-state index contributed by atoms with van der Waals surface area (Å²) in [5, 5.41) is 3.61. The summed E-state index contributed by atoms with van der Waals surface area (Å²) in [6.07, 6.45) is -1.35. The van der Waals surface area contributed by atoms with Crippen molar-refractivity contribution < 1.29 is 13.2 Å². The summed E-state index contributed by atoms with van der Waals surface area (Å²) in [6, 6.07) is 0.442. The Kier molecular flexibility index (Phi) is 7.48. The zero-order valence-corrected chi connectivity index (χ0v) is 13.8. The monoisotopic (exact) mass is 308 g/mol. The van der Waals surface area contributed by atoms with Crippen LogP contribution in [-0.2, 0) is 0 Å². The fourth-order valence-electron chi connectivity index (χ4n) is 3.55. The maximum absolute atomic E-state index is 12.3. The molecule has 1 aliphatic rings. The molecule has 0 heterocycles. The van der Waals surface area contributed by atoms with E-state index < -0.39 is 12.6 Å². The summed E-state index contributed by atoms with van der Waals surface area (Å²) >= 11 is 0. The Labute approximate surface area is 127 Å². The minimum atomic E-state index is -4.05. The third-order valence-corrected chi connectivity index (χ3v) is 4.63. The van der Waals surface area contributed by atoms with Gasteiger partial charge in [0.25, 0.3) is 0 Å². The Balaban J connectivity index is 2.54.